The molecule has 1 N–H and O–H groups in total. The van der Waals surface area contributed by atoms with E-state index in [1.807, 2.05) is 0 Å². The van der Waals surface area contributed by atoms with Crippen LogP contribution in [0, 0.1) is 0 Å². The Hall–Kier alpha value is 0.500. The summed E-state index contributed by atoms with van der Waals surface area (Å²) in [5.41, 5.74) is 0.348. The van der Waals surface area contributed by atoms with E-state index in [1.165, 1.54) is 32.5 Å². The van der Waals surface area contributed by atoms with E-state index >= 15 is 0 Å². The van der Waals surface area contributed by atoms with Gasteiger partial charge in [0.2, 0.25) is 0 Å². The van der Waals surface area contributed by atoms with E-state index in [1.54, 1.807) is 0 Å². The molecule has 1 aliphatic heterocycles. The van der Waals surface area contributed by atoms with Gasteiger partial charge in [-0.05, 0) is 26.7 Å². The lowest BCUT2D eigenvalue weighted by Gasteiger charge is -2.39. The first-order valence-electron chi connectivity index (χ1n) is 4.66. The van der Waals surface area contributed by atoms with Crippen LogP contribution in [0.3, 0.4) is 0 Å². The van der Waals surface area contributed by atoms with Crippen molar-refractivity contribution in [3.05, 3.63) is 0 Å². The Kier molecular flexibility index (Phi) is 5.02. The van der Waals surface area contributed by atoms with Crippen molar-refractivity contribution < 1.29 is 0 Å². The van der Waals surface area contributed by atoms with Gasteiger partial charge in [0.05, 0.1) is 0 Å². The van der Waals surface area contributed by atoms with Crippen molar-refractivity contribution in [3.8, 4) is 0 Å². The molecule has 0 amide bonds. The molecule has 0 aromatic heterocycles. The summed E-state index contributed by atoms with van der Waals surface area (Å²) in [5.74, 6) is 0. The molecule has 1 saturated carbocycles. The Bertz CT molecular complexity index is 158. The van der Waals surface area contributed by atoms with Gasteiger partial charge in [0.15, 0.2) is 0 Å². The summed E-state index contributed by atoms with van der Waals surface area (Å²) in [6, 6.07) is 0.941. The zero-order valence-corrected chi connectivity index (χ0v) is 10.0. The van der Waals surface area contributed by atoms with Crippen molar-refractivity contribution in [1.29, 1.82) is 0 Å². The summed E-state index contributed by atoms with van der Waals surface area (Å²) in [7, 11) is 0. The van der Waals surface area contributed by atoms with Gasteiger partial charge in [-0.15, -0.1) is 24.8 Å². The standard InChI is InChI=1S/C9H18N2.2ClH/c1-9(2)7-11(6-5-10-9)8-3-4-8;;/h8,10H,3-7H2,1-2H3;2*1H. The average molecular weight is 227 g/mol. The molecule has 0 atom stereocenters. The van der Waals surface area contributed by atoms with Crippen LogP contribution in [-0.2, 0) is 0 Å². The highest BCUT2D eigenvalue weighted by Gasteiger charge is 2.34. The van der Waals surface area contributed by atoms with Crippen LogP contribution >= 0.6 is 24.8 Å². The van der Waals surface area contributed by atoms with Crippen LogP contribution in [0.25, 0.3) is 0 Å². The van der Waals surface area contributed by atoms with E-state index in [-0.39, 0.29) is 24.8 Å². The quantitative estimate of drug-likeness (QED) is 0.733. The molecule has 1 aliphatic carbocycles. The van der Waals surface area contributed by atoms with E-state index in [0.29, 0.717) is 5.54 Å². The second-order valence-electron chi connectivity index (χ2n) is 4.51. The van der Waals surface area contributed by atoms with Crippen molar-refractivity contribution in [2.24, 2.45) is 0 Å². The Labute approximate surface area is 93.3 Å². The van der Waals surface area contributed by atoms with Crippen LogP contribution < -0.4 is 5.32 Å². The minimum Gasteiger partial charge on any atom is -0.309 e. The zero-order chi connectivity index (χ0) is 7.90. The van der Waals surface area contributed by atoms with Crippen LogP contribution in [-0.4, -0.2) is 36.1 Å². The summed E-state index contributed by atoms with van der Waals surface area (Å²) in [6.07, 6.45) is 2.88. The average Bonchev–Trinajstić information content (AvgIpc) is 2.65. The van der Waals surface area contributed by atoms with Crippen LogP contribution in [0.2, 0.25) is 0 Å². The Morgan fingerprint density at radius 1 is 1.23 bits per heavy atom. The van der Waals surface area contributed by atoms with Crippen LogP contribution in [0.15, 0.2) is 0 Å². The van der Waals surface area contributed by atoms with Crippen molar-refractivity contribution >= 4 is 24.8 Å². The molecule has 1 heterocycles. The highest BCUT2D eigenvalue weighted by molar-refractivity contribution is 5.85. The van der Waals surface area contributed by atoms with E-state index in [4.69, 9.17) is 0 Å². The Morgan fingerprint density at radius 3 is 2.31 bits per heavy atom. The van der Waals surface area contributed by atoms with Gasteiger partial charge in [0.25, 0.3) is 0 Å². The van der Waals surface area contributed by atoms with Gasteiger partial charge in [0, 0.05) is 31.2 Å². The van der Waals surface area contributed by atoms with Gasteiger partial charge in [-0.3, -0.25) is 4.90 Å². The lowest BCUT2D eigenvalue weighted by molar-refractivity contribution is 0.147. The SMILES string of the molecule is CC1(C)CN(C2CC2)CCN1.Cl.Cl. The van der Waals surface area contributed by atoms with Crippen LogP contribution in [0.4, 0.5) is 0 Å². The van der Waals surface area contributed by atoms with E-state index in [0.717, 1.165) is 6.04 Å². The minimum atomic E-state index is 0. The summed E-state index contributed by atoms with van der Waals surface area (Å²) in [6.45, 7) is 8.25. The summed E-state index contributed by atoms with van der Waals surface area (Å²) < 4.78 is 0. The van der Waals surface area contributed by atoms with Crippen LogP contribution in [0.1, 0.15) is 26.7 Å². The summed E-state index contributed by atoms with van der Waals surface area (Å²) in [5, 5.41) is 3.53. The molecular weight excluding hydrogens is 207 g/mol. The Morgan fingerprint density at radius 2 is 1.85 bits per heavy atom. The van der Waals surface area contributed by atoms with Gasteiger partial charge >= 0.3 is 0 Å². The van der Waals surface area contributed by atoms with Gasteiger partial charge in [0.1, 0.15) is 0 Å². The number of nitrogens with zero attached hydrogens (tertiary/aromatic N) is 1. The monoisotopic (exact) mass is 226 g/mol. The van der Waals surface area contributed by atoms with Gasteiger partial charge < -0.3 is 5.32 Å². The predicted molar refractivity (Wildman–Crippen MR) is 61.2 cm³/mol. The second-order valence-corrected chi connectivity index (χ2v) is 4.51. The molecule has 2 fully saturated rings. The van der Waals surface area contributed by atoms with Gasteiger partial charge in [-0.2, -0.15) is 0 Å². The first-order chi connectivity index (χ1) is 5.17. The molecule has 0 aromatic carbocycles. The van der Waals surface area contributed by atoms with E-state index in [2.05, 4.69) is 24.1 Å². The van der Waals surface area contributed by atoms with E-state index in [9.17, 15) is 0 Å². The maximum atomic E-state index is 3.53. The Balaban J connectivity index is 0.000000720. The molecule has 0 spiro atoms. The molecule has 0 aromatic rings. The molecule has 4 heteroatoms. The lowest BCUT2D eigenvalue weighted by atomic mass is 10.0. The zero-order valence-electron chi connectivity index (χ0n) is 8.38. The molecule has 2 rings (SSSR count). The third kappa shape index (κ3) is 3.62. The minimum absolute atomic E-state index is 0. The smallest absolute Gasteiger partial charge is 0.0252 e. The fourth-order valence-corrected chi connectivity index (χ4v) is 1.93. The molecule has 80 valence electrons. The van der Waals surface area contributed by atoms with Gasteiger partial charge in [-0.25, -0.2) is 0 Å². The van der Waals surface area contributed by atoms with Crippen molar-refractivity contribution in [3.63, 3.8) is 0 Å². The molecule has 0 unspecified atom stereocenters. The topological polar surface area (TPSA) is 15.3 Å². The number of hydrogen-bond acceptors (Lipinski definition) is 2. The third-order valence-electron chi connectivity index (χ3n) is 2.66. The first kappa shape index (κ1) is 13.5. The lowest BCUT2D eigenvalue weighted by Crippen LogP contribution is -2.57. The number of rotatable bonds is 1. The van der Waals surface area contributed by atoms with Crippen molar-refractivity contribution in [2.75, 3.05) is 19.6 Å². The molecule has 0 radical (unpaired) electrons. The molecule has 2 aliphatic rings. The largest absolute Gasteiger partial charge is 0.309 e. The molecule has 13 heavy (non-hydrogen) atoms. The fourth-order valence-electron chi connectivity index (χ4n) is 1.93. The van der Waals surface area contributed by atoms with Crippen LogP contribution in [0.5, 0.6) is 0 Å². The number of halogens is 2. The number of hydrogen-bond donors (Lipinski definition) is 1. The molecule has 1 saturated heterocycles. The molecule has 2 nitrogen and oxygen atoms in total. The predicted octanol–water partition coefficient (Wildman–Crippen LogP) is 1.68. The number of nitrogens with one attached hydrogen (secondary N) is 1. The maximum Gasteiger partial charge on any atom is 0.0252 e. The summed E-state index contributed by atoms with van der Waals surface area (Å²) >= 11 is 0. The highest BCUT2D eigenvalue weighted by Crippen LogP contribution is 2.28. The molecule has 0 bridgehead atoms. The third-order valence-corrected chi connectivity index (χ3v) is 2.66. The summed E-state index contributed by atoms with van der Waals surface area (Å²) in [4.78, 5) is 2.64. The normalized spacial score (nSPS) is 27.2. The van der Waals surface area contributed by atoms with Crippen molar-refractivity contribution in [2.45, 2.75) is 38.3 Å². The second kappa shape index (κ2) is 4.83. The number of piperazine rings is 1. The fraction of sp³-hybridized carbons (Fsp3) is 1.00. The van der Waals surface area contributed by atoms with Crippen molar-refractivity contribution in [1.82, 2.24) is 10.2 Å². The van der Waals surface area contributed by atoms with E-state index < -0.39 is 0 Å². The first-order valence-corrected chi connectivity index (χ1v) is 4.66. The maximum absolute atomic E-state index is 3.53. The highest BCUT2D eigenvalue weighted by atomic mass is 35.5. The van der Waals surface area contributed by atoms with Gasteiger partial charge in [-0.1, -0.05) is 0 Å². The molecular formula is C9H20Cl2N2.